The van der Waals surface area contributed by atoms with E-state index >= 15 is 0 Å². The number of aliphatic hydroxyl groups is 1. The Morgan fingerprint density at radius 1 is 1.53 bits per heavy atom. The first-order valence-electron chi connectivity index (χ1n) is 5.83. The monoisotopic (exact) mass is 212 g/mol. The molecule has 4 unspecified atom stereocenters. The fourth-order valence-corrected chi connectivity index (χ4v) is 2.77. The summed E-state index contributed by atoms with van der Waals surface area (Å²) in [7, 11) is 0. The number of nitrogens with zero attached hydrogens (tertiary/aromatic N) is 1. The van der Waals surface area contributed by atoms with Crippen LogP contribution in [0.1, 0.15) is 26.7 Å². The number of hydrogen-bond acceptors (Lipinski definition) is 3. The van der Waals surface area contributed by atoms with Gasteiger partial charge in [-0.1, -0.05) is 0 Å². The van der Waals surface area contributed by atoms with Gasteiger partial charge in [-0.3, -0.25) is 9.69 Å². The molecule has 4 nitrogen and oxygen atoms in total. The minimum atomic E-state index is -0.334. The van der Waals surface area contributed by atoms with E-state index in [1.165, 1.54) is 0 Å². The predicted molar refractivity (Wildman–Crippen MR) is 57.4 cm³/mol. The SMILES string of the molecule is CC(O)C(C)N1CCCC2C(=O)NCC21. The van der Waals surface area contributed by atoms with Gasteiger partial charge in [0.15, 0.2) is 0 Å². The van der Waals surface area contributed by atoms with Crippen LogP contribution in [0.4, 0.5) is 0 Å². The summed E-state index contributed by atoms with van der Waals surface area (Å²) in [6, 6.07) is 0.446. The lowest BCUT2D eigenvalue weighted by atomic mass is 9.90. The lowest BCUT2D eigenvalue weighted by Crippen LogP contribution is -2.52. The highest BCUT2D eigenvalue weighted by Gasteiger charge is 2.42. The molecule has 1 amide bonds. The van der Waals surface area contributed by atoms with Crippen LogP contribution in [0.2, 0.25) is 0 Å². The van der Waals surface area contributed by atoms with E-state index in [1.54, 1.807) is 0 Å². The third-order valence-electron chi connectivity index (χ3n) is 3.87. The van der Waals surface area contributed by atoms with Gasteiger partial charge in [-0.25, -0.2) is 0 Å². The van der Waals surface area contributed by atoms with Gasteiger partial charge in [-0.15, -0.1) is 0 Å². The molecule has 4 heteroatoms. The van der Waals surface area contributed by atoms with Crippen molar-refractivity contribution < 1.29 is 9.90 Å². The summed E-state index contributed by atoms with van der Waals surface area (Å²) in [5.41, 5.74) is 0. The van der Waals surface area contributed by atoms with Gasteiger partial charge in [0.05, 0.1) is 12.0 Å². The Morgan fingerprint density at radius 3 is 2.93 bits per heavy atom. The molecule has 2 fully saturated rings. The topological polar surface area (TPSA) is 52.6 Å². The minimum Gasteiger partial charge on any atom is -0.392 e. The number of rotatable bonds is 2. The van der Waals surface area contributed by atoms with Crippen LogP contribution < -0.4 is 5.32 Å². The highest BCUT2D eigenvalue weighted by molar-refractivity contribution is 5.82. The maximum atomic E-state index is 11.5. The number of likely N-dealkylation sites (tertiary alicyclic amines) is 1. The molecule has 2 aliphatic heterocycles. The number of carbonyl (C=O) groups excluding carboxylic acids is 1. The number of hydrogen-bond donors (Lipinski definition) is 2. The first-order chi connectivity index (χ1) is 7.11. The smallest absolute Gasteiger partial charge is 0.224 e. The van der Waals surface area contributed by atoms with Crippen LogP contribution in [0.15, 0.2) is 0 Å². The Hall–Kier alpha value is -0.610. The molecular weight excluding hydrogens is 192 g/mol. The van der Waals surface area contributed by atoms with E-state index in [4.69, 9.17) is 0 Å². The number of amides is 1. The summed E-state index contributed by atoms with van der Waals surface area (Å²) in [4.78, 5) is 13.8. The van der Waals surface area contributed by atoms with Crippen molar-refractivity contribution in [3.63, 3.8) is 0 Å². The van der Waals surface area contributed by atoms with Crippen molar-refractivity contribution >= 4 is 5.91 Å². The van der Waals surface area contributed by atoms with Crippen LogP contribution in [0, 0.1) is 5.92 Å². The Morgan fingerprint density at radius 2 is 2.27 bits per heavy atom. The molecule has 2 saturated heterocycles. The van der Waals surface area contributed by atoms with Crippen LogP contribution in [-0.4, -0.2) is 47.2 Å². The standard InChI is InChI=1S/C11H20N2O2/c1-7(8(2)14)13-5-3-4-9-10(13)6-12-11(9)15/h7-10,14H,3-6H2,1-2H3,(H,12,15). The second kappa shape index (κ2) is 4.10. The van der Waals surface area contributed by atoms with Crippen molar-refractivity contribution in [2.24, 2.45) is 5.92 Å². The molecule has 0 radical (unpaired) electrons. The van der Waals surface area contributed by atoms with Gasteiger partial charge in [0.25, 0.3) is 0 Å². The normalized spacial score (nSPS) is 35.8. The van der Waals surface area contributed by atoms with E-state index in [0.29, 0.717) is 6.04 Å². The van der Waals surface area contributed by atoms with Crippen molar-refractivity contribution in [1.82, 2.24) is 10.2 Å². The van der Waals surface area contributed by atoms with Gasteiger partial charge in [-0.2, -0.15) is 0 Å². The molecule has 0 aromatic carbocycles. The van der Waals surface area contributed by atoms with Crippen LogP contribution in [0.3, 0.4) is 0 Å². The van der Waals surface area contributed by atoms with Crippen molar-refractivity contribution in [2.75, 3.05) is 13.1 Å². The summed E-state index contributed by atoms with van der Waals surface area (Å²) in [5, 5.41) is 12.5. The van der Waals surface area contributed by atoms with Gasteiger partial charge in [-0.05, 0) is 33.2 Å². The number of nitrogens with one attached hydrogen (secondary N) is 1. The zero-order valence-electron chi connectivity index (χ0n) is 9.44. The Kier molecular flexibility index (Phi) is 2.98. The minimum absolute atomic E-state index is 0.144. The molecule has 0 spiro atoms. The first-order valence-corrected chi connectivity index (χ1v) is 5.83. The molecule has 0 bridgehead atoms. The van der Waals surface area contributed by atoms with E-state index in [9.17, 15) is 9.90 Å². The molecule has 0 aliphatic carbocycles. The zero-order valence-corrected chi connectivity index (χ0v) is 9.44. The summed E-state index contributed by atoms with van der Waals surface area (Å²) < 4.78 is 0. The number of piperidine rings is 1. The fraction of sp³-hybridized carbons (Fsp3) is 0.909. The van der Waals surface area contributed by atoms with E-state index in [0.717, 1.165) is 25.9 Å². The molecule has 2 N–H and O–H groups in total. The quantitative estimate of drug-likeness (QED) is 0.675. The number of aliphatic hydroxyl groups excluding tert-OH is 1. The van der Waals surface area contributed by atoms with Crippen molar-refractivity contribution in [3.8, 4) is 0 Å². The molecule has 2 aliphatic rings. The molecule has 15 heavy (non-hydrogen) atoms. The first kappa shape index (κ1) is 10.9. The average Bonchev–Trinajstić information content (AvgIpc) is 2.59. The van der Waals surface area contributed by atoms with E-state index in [-0.39, 0.29) is 24.0 Å². The fourth-order valence-electron chi connectivity index (χ4n) is 2.77. The Bertz CT molecular complexity index is 255. The van der Waals surface area contributed by atoms with Gasteiger partial charge >= 0.3 is 0 Å². The third-order valence-corrected chi connectivity index (χ3v) is 3.87. The van der Waals surface area contributed by atoms with Crippen molar-refractivity contribution in [3.05, 3.63) is 0 Å². The highest BCUT2D eigenvalue weighted by atomic mass is 16.3. The lowest BCUT2D eigenvalue weighted by Gasteiger charge is -2.41. The summed E-state index contributed by atoms with van der Waals surface area (Å²) in [5.74, 6) is 0.349. The van der Waals surface area contributed by atoms with E-state index in [2.05, 4.69) is 10.2 Å². The zero-order chi connectivity index (χ0) is 11.0. The highest BCUT2D eigenvalue weighted by Crippen LogP contribution is 2.29. The molecule has 2 heterocycles. The van der Waals surface area contributed by atoms with E-state index < -0.39 is 0 Å². The van der Waals surface area contributed by atoms with Crippen LogP contribution >= 0.6 is 0 Å². The summed E-state index contributed by atoms with van der Waals surface area (Å²) in [6.07, 6.45) is 1.73. The predicted octanol–water partition coefficient (Wildman–Crippen LogP) is -0.0339. The molecule has 0 saturated carbocycles. The van der Waals surface area contributed by atoms with Crippen LogP contribution in [0.5, 0.6) is 0 Å². The molecule has 2 rings (SSSR count). The second-order valence-electron chi connectivity index (χ2n) is 4.78. The molecule has 86 valence electrons. The van der Waals surface area contributed by atoms with Gasteiger partial charge in [0.2, 0.25) is 5.91 Å². The van der Waals surface area contributed by atoms with E-state index in [1.807, 2.05) is 13.8 Å². The third kappa shape index (κ3) is 1.88. The van der Waals surface area contributed by atoms with Gasteiger partial charge in [0, 0.05) is 18.6 Å². The largest absolute Gasteiger partial charge is 0.392 e. The maximum Gasteiger partial charge on any atom is 0.224 e. The second-order valence-corrected chi connectivity index (χ2v) is 4.78. The van der Waals surface area contributed by atoms with Gasteiger partial charge < -0.3 is 10.4 Å². The van der Waals surface area contributed by atoms with Crippen LogP contribution in [0.25, 0.3) is 0 Å². The van der Waals surface area contributed by atoms with Crippen molar-refractivity contribution in [2.45, 2.75) is 44.9 Å². The van der Waals surface area contributed by atoms with Crippen LogP contribution in [-0.2, 0) is 4.79 Å². The molecule has 4 atom stereocenters. The lowest BCUT2D eigenvalue weighted by molar-refractivity contribution is -0.124. The maximum absolute atomic E-state index is 11.5. The average molecular weight is 212 g/mol. The molecular formula is C11H20N2O2. The Balaban J connectivity index is 2.09. The Labute approximate surface area is 90.6 Å². The van der Waals surface area contributed by atoms with Crippen molar-refractivity contribution in [1.29, 1.82) is 0 Å². The summed E-state index contributed by atoms with van der Waals surface area (Å²) >= 11 is 0. The molecule has 0 aromatic rings. The molecule has 0 aromatic heterocycles. The number of fused-ring (bicyclic) bond motifs is 1. The summed E-state index contributed by atoms with van der Waals surface area (Å²) in [6.45, 7) is 5.61. The number of carbonyl (C=O) groups is 1. The van der Waals surface area contributed by atoms with Gasteiger partial charge in [0.1, 0.15) is 0 Å².